The third-order valence-corrected chi connectivity index (χ3v) is 1.97. The van der Waals surface area contributed by atoms with Crippen LogP contribution in [0, 0.1) is 0 Å². The maximum atomic E-state index is 11.6. The summed E-state index contributed by atoms with van der Waals surface area (Å²) >= 11 is 0. The highest BCUT2D eigenvalue weighted by Gasteiger charge is 2.11. The lowest BCUT2D eigenvalue weighted by atomic mass is 10.2. The molecule has 0 spiro atoms. The molecule has 0 aliphatic carbocycles. The van der Waals surface area contributed by atoms with Gasteiger partial charge in [0.15, 0.2) is 5.76 Å². The molecule has 0 unspecified atom stereocenters. The summed E-state index contributed by atoms with van der Waals surface area (Å²) in [5, 5.41) is 2.51. The molecule has 1 aromatic carbocycles. The predicted molar refractivity (Wildman–Crippen MR) is 57.4 cm³/mol. The lowest BCUT2D eigenvalue weighted by Crippen LogP contribution is -2.35. The Morgan fingerprint density at radius 1 is 1.33 bits per heavy atom. The van der Waals surface area contributed by atoms with E-state index >= 15 is 0 Å². The molecule has 0 radical (unpaired) electrons. The van der Waals surface area contributed by atoms with Crippen molar-refractivity contribution in [3.05, 3.63) is 36.1 Å². The van der Waals surface area contributed by atoms with Gasteiger partial charge in [-0.1, -0.05) is 18.2 Å². The van der Waals surface area contributed by atoms with Gasteiger partial charge in [-0.3, -0.25) is 10.2 Å². The van der Waals surface area contributed by atoms with Crippen molar-refractivity contribution in [2.24, 2.45) is 0 Å². The molecule has 0 saturated carbocycles. The molecule has 1 aromatic heterocycles. The molecule has 0 fully saturated rings. The minimum atomic E-state index is -0.240. The topological polar surface area (TPSA) is 45.5 Å². The first-order valence-corrected chi connectivity index (χ1v) is 4.64. The molecule has 4 heteroatoms. The smallest absolute Gasteiger partial charge is 0.301 e. The molecule has 4 nitrogen and oxygen atoms in total. The summed E-state index contributed by atoms with van der Waals surface area (Å²) in [6, 6.07) is 9.26. The number of rotatable bonds is 2. The van der Waals surface area contributed by atoms with E-state index in [1.54, 1.807) is 25.2 Å². The second-order valence-electron chi connectivity index (χ2n) is 3.48. The first kappa shape index (κ1) is 9.73. The molecule has 1 amide bonds. The number of furan rings is 1. The average molecular weight is 204 g/mol. The Hall–Kier alpha value is -1.81. The Morgan fingerprint density at radius 2 is 2.07 bits per heavy atom. The van der Waals surface area contributed by atoms with Crippen LogP contribution < -0.4 is 5.43 Å². The maximum absolute atomic E-state index is 11.6. The minimum absolute atomic E-state index is 0.240. The van der Waals surface area contributed by atoms with E-state index in [0.29, 0.717) is 5.76 Å². The van der Waals surface area contributed by atoms with Crippen LogP contribution in [0.5, 0.6) is 0 Å². The second kappa shape index (κ2) is 3.74. The van der Waals surface area contributed by atoms with Crippen LogP contribution in [0.4, 0.5) is 0 Å². The summed E-state index contributed by atoms with van der Waals surface area (Å²) in [4.78, 5) is 11.6. The van der Waals surface area contributed by atoms with Crippen LogP contribution in [0.2, 0.25) is 0 Å². The number of nitrogens with one attached hydrogen (secondary N) is 1. The fourth-order valence-electron chi connectivity index (χ4n) is 1.35. The van der Waals surface area contributed by atoms with Crippen molar-refractivity contribution in [1.82, 2.24) is 10.4 Å². The van der Waals surface area contributed by atoms with Gasteiger partial charge in [0, 0.05) is 19.5 Å². The molecule has 2 aromatic rings. The fourth-order valence-corrected chi connectivity index (χ4v) is 1.35. The van der Waals surface area contributed by atoms with E-state index in [0.717, 1.165) is 11.0 Å². The molecule has 0 aliphatic rings. The van der Waals surface area contributed by atoms with Crippen molar-refractivity contribution in [3.8, 4) is 0 Å². The number of benzene rings is 1. The van der Waals surface area contributed by atoms with Gasteiger partial charge in [0.1, 0.15) is 5.58 Å². The van der Waals surface area contributed by atoms with Gasteiger partial charge in [-0.05, 0) is 12.1 Å². The van der Waals surface area contributed by atoms with E-state index in [9.17, 15) is 4.79 Å². The molecular weight excluding hydrogens is 192 g/mol. The fraction of sp³-hybridized carbons (Fsp3) is 0.182. The number of nitrogens with zero attached hydrogens (tertiary/aromatic N) is 1. The first-order chi connectivity index (χ1) is 7.16. The standard InChI is InChI=1S/C11H12N2O2/c1-13(2)12-11(14)10-7-8-5-3-4-6-9(8)15-10/h3-7H,1-2H3,(H,12,14). The minimum Gasteiger partial charge on any atom is -0.451 e. The molecule has 0 bridgehead atoms. The molecule has 1 N–H and O–H groups in total. The van der Waals surface area contributed by atoms with Crippen LogP contribution in [0.1, 0.15) is 10.6 Å². The summed E-state index contributed by atoms with van der Waals surface area (Å²) < 4.78 is 5.39. The van der Waals surface area contributed by atoms with Crippen LogP contribution in [-0.4, -0.2) is 25.0 Å². The normalized spacial score (nSPS) is 10.9. The Balaban J connectivity index is 2.32. The molecule has 78 valence electrons. The Morgan fingerprint density at radius 3 is 2.73 bits per heavy atom. The molecule has 15 heavy (non-hydrogen) atoms. The zero-order valence-corrected chi connectivity index (χ0v) is 8.65. The van der Waals surface area contributed by atoms with Crippen LogP contribution in [-0.2, 0) is 0 Å². The van der Waals surface area contributed by atoms with Gasteiger partial charge in [0.2, 0.25) is 0 Å². The average Bonchev–Trinajstić information content (AvgIpc) is 2.59. The van der Waals surface area contributed by atoms with E-state index in [-0.39, 0.29) is 5.91 Å². The number of amides is 1. The summed E-state index contributed by atoms with van der Waals surface area (Å²) in [7, 11) is 3.50. The molecule has 0 saturated heterocycles. The lowest BCUT2D eigenvalue weighted by molar-refractivity contribution is 0.0830. The van der Waals surface area contributed by atoms with Crippen LogP contribution >= 0.6 is 0 Å². The lowest BCUT2D eigenvalue weighted by Gasteiger charge is -2.09. The third-order valence-electron chi connectivity index (χ3n) is 1.97. The van der Waals surface area contributed by atoms with Crippen LogP contribution in [0.15, 0.2) is 34.7 Å². The van der Waals surface area contributed by atoms with Gasteiger partial charge >= 0.3 is 5.91 Å². The highest BCUT2D eigenvalue weighted by atomic mass is 16.3. The number of carbonyl (C=O) groups is 1. The van der Waals surface area contributed by atoms with Crippen LogP contribution in [0.25, 0.3) is 11.0 Å². The monoisotopic (exact) mass is 204 g/mol. The van der Waals surface area contributed by atoms with Gasteiger partial charge < -0.3 is 4.42 Å². The van der Waals surface area contributed by atoms with E-state index in [1.807, 2.05) is 24.3 Å². The summed E-state index contributed by atoms with van der Waals surface area (Å²) in [6.45, 7) is 0. The number of hydrazine groups is 1. The number of para-hydroxylation sites is 1. The Labute approximate surface area is 87.4 Å². The first-order valence-electron chi connectivity index (χ1n) is 4.64. The van der Waals surface area contributed by atoms with Gasteiger partial charge in [-0.2, -0.15) is 0 Å². The zero-order valence-electron chi connectivity index (χ0n) is 8.65. The summed E-state index contributed by atoms with van der Waals surface area (Å²) in [5.41, 5.74) is 3.34. The number of hydrogen-bond acceptors (Lipinski definition) is 3. The maximum Gasteiger partial charge on any atom is 0.301 e. The van der Waals surface area contributed by atoms with Gasteiger partial charge in [-0.25, -0.2) is 5.01 Å². The molecule has 2 rings (SSSR count). The van der Waals surface area contributed by atoms with Crippen molar-refractivity contribution in [3.63, 3.8) is 0 Å². The quantitative estimate of drug-likeness (QED) is 0.756. The van der Waals surface area contributed by atoms with E-state index in [1.165, 1.54) is 0 Å². The summed E-state index contributed by atoms with van der Waals surface area (Å²) in [6.07, 6.45) is 0. The van der Waals surface area contributed by atoms with Crippen molar-refractivity contribution < 1.29 is 9.21 Å². The zero-order chi connectivity index (χ0) is 10.8. The predicted octanol–water partition coefficient (Wildman–Crippen LogP) is 1.64. The van der Waals surface area contributed by atoms with Gasteiger partial charge in [-0.15, -0.1) is 0 Å². The van der Waals surface area contributed by atoms with Crippen molar-refractivity contribution in [1.29, 1.82) is 0 Å². The molecular formula is C11H12N2O2. The van der Waals surface area contributed by atoms with Crippen LogP contribution in [0.3, 0.4) is 0 Å². The highest BCUT2D eigenvalue weighted by Crippen LogP contribution is 2.18. The van der Waals surface area contributed by atoms with Crippen molar-refractivity contribution >= 4 is 16.9 Å². The highest BCUT2D eigenvalue weighted by molar-refractivity contribution is 5.95. The number of fused-ring (bicyclic) bond motifs is 1. The largest absolute Gasteiger partial charge is 0.451 e. The number of carbonyl (C=O) groups excluding carboxylic acids is 1. The van der Waals surface area contributed by atoms with Gasteiger partial charge in [0.05, 0.1) is 0 Å². The van der Waals surface area contributed by atoms with Gasteiger partial charge in [0.25, 0.3) is 0 Å². The second-order valence-corrected chi connectivity index (χ2v) is 3.48. The molecule has 0 aliphatic heterocycles. The molecule has 0 atom stereocenters. The molecule has 1 heterocycles. The summed E-state index contributed by atoms with van der Waals surface area (Å²) in [5.74, 6) is 0.0844. The van der Waals surface area contributed by atoms with Crippen molar-refractivity contribution in [2.45, 2.75) is 0 Å². The van der Waals surface area contributed by atoms with E-state index in [4.69, 9.17) is 4.42 Å². The van der Waals surface area contributed by atoms with E-state index < -0.39 is 0 Å². The number of hydrogen-bond donors (Lipinski definition) is 1. The third kappa shape index (κ3) is 1.99. The SMILES string of the molecule is CN(C)NC(=O)c1cc2ccccc2o1. The Bertz CT molecular complexity index is 455. The van der Waals surface area contributed by atoms with Crippen molar-refractivity contribution in [2.75, 3.05) is 14.1 Å². The van der Waals surface area contributed by atoms with E-state index in [2.05, 4.69) is 5.43 Å². The Kier molecular flexibility index (Phi) is 2.43.